The Morgan fingerprint density at radius 1 is 1.07 bits per heavy atom. The molecule has 1 atom stereocenters. The van der Waals surface area contributed by atoms with Crippen molar-refractivity contribution in [2.75, 3.05) is 46.8 Å². The van der Waals surface area contributed by atoms with Gasteiger partial charge in [-0.25, -0.2) is 4.68 Å². The van der Waals surface area contributed by atoms with Gasteiger partial charge in [0.25, 0.3) is 5.91 Å². The van der Waals surface area contributed by atoms with E-state index in [0.29, 0.717) is 0 Å². The number of hydrogen-bond donors (Lipinski definition) is 0. The van der Waals surface area contributed by atoms with Crippen molar-refractivity contribution in [2.24, 2.45) is 0 Å². The molecular weight excluding hydrogens is 342 g/mol. The number of carbonyl (C=O) groups excluding carboxylic acids is 1. The molecule has 2 saturated heterocycles. The number of likely N-dealkylation sites (tertiary alicyclic amines) is 1. The van der Waals surface area contributed by atoms with Crippen molar-refractivity contribution in [2.45, 2.75) is 24.4 Å². The Labute approximate surface area is 159 Å². The Kier molecular flexibility index (Phi) is 4.92. The molecule has 2 aromatic rings. The standard InChI is InChI=1S/C19H27N7O/c1-23-12-13-24(2)19(14-23)8-10-25(11-9-19)18(27)17(26-15-20-21-22-26)16-6-4-3-5-7-16/h3-7,15,17H,8-14H2,1-2H3/t17-/m0/s1. The number of benzene rings is 1. The van der Waals surface area contributed by atoms with Gasteiger partial charge >= 0.3 is 0 Å². The summed E-state index contributed by atoms with van der Waals surface area (Å²) in [6.45, 7) is 4.80. The van der Waals surface area contributed by atoms with Crippen molar-refractivity contribution in [3.63, 3.8) is 0 Å². The summed E-state index contributed by atoms with van der Waals surface area (Å²) < 4.78 is 1.56. The molecular formula is C19H27N7O. The molecule has 27 heavy (non-hydrogen) atoms. The summed E-state index contributed by atoms with van der Waals surface area (Å²) in [5, 5.41) is 11.5. The van der Waals surface area contributed by atoms with Crippen LogP contribution < -0.4 is 0 Å². The van der Waals surface area contributed by atoms with Crippen molar-refractivity contribution in [3.8, 4) is 0 Å². The third-order valence-electron chi connectivity index (χ3n) is 6.18. The molecule has 4 rings (SSSR count). The van der Waals surface area contributed by atoms with Crippen LogP contribution in [0.4, 0.5) is 0 Å². The van der Waals surface area contributed by atoms with Gasteiger partial charge in [0.1, 0.15) is 6.33 Å². The zero-order valence-electron chi connectivity index (χ0n) is 16.0. The SMILES string of the molecule is CN1CCN(C)C2(CCN(C(=O)[C@H](c3ccccc3)n3cnnn3)CC2)C1. The summed E-state index contributed by atoms with van der Waals surface area (Å²) >= 11 is 0. The molecule has 8 heteroatoms. The highest BCUT2D eigenvalue weighted by Gasteiger charge is 2.43. The summed E-state index contributed by atoms with van der Waals surface area (Å²) in [4.78, 5) is 20.3. The molecule has 1 spiro atoms. The average molecular weight is 369 g/mol. The number of hydrogen-bond acceptors (Lipinski definition) is 6. The fourth-order valence-electron chi connectivity index (χ4n) is 4.45. The fourth-order valence-corrected chi connectivity index (χ4v) is 4.45. The van der Waals surface area contributed by atoms with E-state index in [0.717, 1.165) is 51.1 Å². The number of tetrazole rings is 1. The van der Waals surface area contributed by atoms with Crippen molar-refractivity contribution >= 4 is 5.91 Å². The highest BCUT2D eigenvalue weighted by Crippen LogP contribution is 2.32. The van der Waals surface area contributed by atoms with Crippen LogP contribution in [0.2, 0.25) is 0 Å². The van der Waals surface area contributed by atoms with Gasteiger partial charge in [-0.05, 0) is 42.9 Å². The summed E-state index contributed by atoms with van der Waals surface area (Å²) in [5.41, 5.74) is 1.09. The summed E-state index contributed by atoms with van der Waals surface area (Å²) in [5.74, 6) is 0.0650. The first-order chi connectivity index (χ1) is 13.1. The Bertz CT molecular complexity index is 756. The second kappa shape index (κ2) is 7.36. The predicted molar refractivity (Wildman–Crippen MR) is 101 cm³/mol. The van der Waals surface area contributed by atoms with Gasteiger partial charge in [0.05, 0.1) is 0 Å². The smallest absolute Gasteiger partial charge is 0.252 e. The van der Waals surface area contributed by atoms with Crippen molar-refractivity contribution < 1.29 is 4.79 Å². The quantitative estimate of drug-likeness (QED) is 0.785. The molecule has 144 valence electrons. The molecule has 2 aliphatic heterocycles. The van der Waals surface area contributed by atoms with Crippen molar-refractivity contribution in [1.29, 1.82) is 0 Å². The lowest BCUT2D eigenvalue weighted by atomic mass is 9.83. The Morgan fingerprint density at radius 3 is 2.48 bits per heavy atom. The maximum atomic E-state index is 13.4. The van der Waals surface area contributed by atoms with E-state index in [1.807, 2.05) is 35.2 Å². The minimum absolute atomic E-state index is 0.0650. The van der Waals surface area contributed by atoms with Gasteiger partial charge in [0.15, 0.2) is 6.04 Å². The first-order valence-electron chi connectivity index (χ1n) is 9.55. The lowest BCUT2D eigenvalue weighted by Gasteiger charge is -2.52. The maximum absolute atomic E-state index is 13.4. The van der Waals surface area contributed by atoms with Gasteiger partial charge < -0.3 is 9.80 Å². The minimum atomic E-state index is -0.512. The van der Waals surface area contributed by atoms with E-state index in [9.17, 15) is 4.79 Å². The molecule has 0 unspecified atom stereocenters. The summed E-state index contributed by atoms with van der Waals surface area (Å²) in [6, 6.07) is 9.24. The second-order valence-corrected chi connectivity index (χ2v) is 7.81. The first kappa shape index (κ1) is 18.1. The van der Waals surface area contributed by atoms with Crippen molar-refractivity contribution in [1.82, 2.24) is 34.9 Å². The second-order valence-electron chi connectivity index (χ2n) is 7.81. The molecule has 0 radical (unpaired) electrons. The molecule has 1 aromatic carbocycles. The van der Waals surface area contributed by atoms with E-state index >= 15 is 0 Å². The third-order valence-corrected chi connectivity index (χ3v) is 6.18. The highest BCUT2D eigenvalue weighted by atomic mass is 16.2. The van der Waals surface area contributed by atoms with E-state index < -0.39 is 6.04 Å². The van der Waals surface area contributed by atoms with Gasteiger partial charge in [-0.15, -0.1) is 5.10 Å². The van der Waals surface area contributed by atoms with Crippen LogP contribution in [0.3, 0.4) is 0 Å². The number of carbonyl (C=O) groups is 1. The normalized spacial score (nSPS) is 22.1. The van der Waals surface area contributed by atoms with Crippen LogP contribution in [-0.4, -0.2) is 93.2 Å². The Morgan fingerprint density at radius 2 is 1.81 bits per heavy atom. The van der Waals surface area contributed by atoms with Crippen molar-refractivity contribution in [3.05, 3.63) is 42.2 Å². The van der Waals surface area contributed by atoms with Crippen LogP contribution in [0.25, 0.3) is 0 Å². The van der Waals surface area contributed by atoms with Gasteiger partial charge in [-0.2, -0.15) is 0 Å². The largest absolute Gasteiger partial charge is 0.340 e. The number of likely N-dealkylation sites (N-methyl/N-ethyl adjacent to an activating group) is 2. The first-order valence-corrected chi connectivity index (χ1v) is 9.55. The van der Waals surface area contributed by atoms with Crippen LogP contribution in [0.5, 0.6) is 0 Å². The van der Waals surface area contributed by atoms with E-state index in [2.05, 4.69) is 39.4 Å². The zero-order valence-corrected chi connectivity index (χ0v) is 16.0. The Balaban J connectivity index is 1.52. The predicted octanol–water partition coefficient (Wildman–Crippen LogP) is 0.501. The molecule has 1 amide bonds. The van der Waals surface area contributed by atoms with E-state index in [-0.39, 0.29) is 11.4 Å². The maximum Gasteiger partial charge on any atom is 0.252 e. The number of piperidine rings is 1. The molecule has 0 bridgehead atoms. The van der Waals surface area contributed by atoms with Crippen LogP contribution in [0, 0.1) is 0 Å². The number of piperazine rings is 1. The van der Waals surface area contributed by atoms with E-state index in [4.69, 9.17) is 0 Å². The summed E-state index contributed by atoms with van der Waals surface area (Å²) in [6.07, 6.45) is 3.51. The van der Waals surface area contributed by atoms with Crippen LogP contribution >= 0.6 is 0 Å². The topological polar surface area (TPSA) is 70.4 Å². The molecule has 3 heterocycles. The van der Waals surface area contributed by atoms with Crippen LogP contribution in [0.1, 0.15) is 24.4 Å². The van der Waals surface area contributed by atoms with E-state index in [1.54, 1.807) is 4.68 Å². The molecule has 0 aliphatic carbocycles. The van der Waals surface area contributed by atoms with Crippen LogP contribution in [-0.2, 0) is 4.79 Å². The third kappa shape index (κ3) is 3.46. The molecule has 0 saturated carbocycles. The number of rotatable bonds is 3. The lowest BCUT2D eigenvalue weighted by Crippen LogP contribution is -2.64. The van der Waals surface area contributed by atoms with Gasteiger partial charge in [-0.3, -0.25) is 9.69 Å². The average Bonchev–Trinajstić information content (AvgIpc) is 3.21. The molecule has 0 N–H and O–H groups in total. The van der Waals surface area contributed by atoms with Gasteiger partial charge in [0, 0.05) is 38.3 Å². The molecule has 2 fully saturated rings. The molecule has 1 aromatic heterocycles. The number of aromatic nitrogens is 4. The van der Waals surface area contributed by atoms with Gasteiger partial charge in [-0.1, -0.05) is 30.3 Å². The summed E-state index contributed by atoms with van der Waals surface area (Å²) in [7, 11) is 4.41. The highest BCUT2D eigenvalue weighted by molar-refractivity contribution is 5.83. The minimum Gasteiger partial charge on any atom is -0.340 e. The number of amides is 1. The van der Waals surface area contributed by atoms with Gasteiger partial charge in [0.2, 0.25) is 0 Å². The lowest BCUT2D eigenvalue weighted by molar-refractivity contribution is -0.137. The fraction of sp³-hybridized carbons (Fsp3) is 0.579. The molecule has 2 aliphatic rings. The molecule has 8 nitrogen and oxygen atoms in total. The zero-order chi connectivity index (χ0) is 18.9. The number of nitrogens with zero attached hydrogens (tertiary/aromatic N) is 7. The van der Waals surface area contributed by atoms with Crippen LogP contribution in [0.15, 0.2) is 36.7 Å². The monoisotopic (exact) mass is 369 g/mol. The Hall–Kier alpha value is -2.32. The van der Waals surface area contributed by atoms with E-state index in [1.165, 1.54) is 6.33 Å².